The molecule has 0 unspecified atom stereocenters. The SMILES string of the molecule is Cc1cc(-c2cc(CC3CCN(C(C)C)CC3)ccn2)n[nH]1. The molecule has 1 fully saturated rings. The molecule has 4 heteroatoms. The van der Waals surface area contributed by atoms with E-state index in [1.165, 1.54) is 31.5 Å². The van der Waals surface area contributed by atoms with E-state index in [4.69, 9.17) is 0 Å². The molecule has 1 N–H and O–H groups in total. The molecule has 118 valence electrons. The van der Waals surface area contributed by atoms with Crippen molar-refractivity contribution in [3.63, 3.8) is 0 Å². The van der Waals surface area contributed by atoms with E-state index in [2.05, 4.69) is 46.1 Å². The quantitative estimate of drug-likeness (QED) is 0.940. The largest absolute Gasteiger partial charge is 0.301 e. The highest BCUT2D eigenvalue weighted by molar-refractivity contribution is 5.54. The van der Waals surface area contributed by atoms with Gasteiger partial charge in [0, 0.05) is 17.9 Å². The highest BCUT2D eigenvalue weighted by atomic mass is 15.1. The first-order valence-electron chi connectivity index (χ1n) is 8.33. The van der Waals surface area contributed by atoms with Crippen LogP contribution in [0, 0.1) is 12.8 Å². The number of piperidine rings is 1. The monoisotopic (exact) mass is 298 g/mol. The van der Waals surface area contributed by atoms with E-state index < -0.39 is 0 Å². The topological polar surface area (TPSA) is 44.8 Å². The Morgan fingerprint density at radius 1 is 1.23 bits per heavy atom. The van der Waals surface area contributed by atoms with Crippen LogP contribution in [0.5, 0.6) is 0 Å². The summed E-state index contributed by atoms with van der Waals surface area (Å²) >= 11 is 0. The lowest BCUT2D eigenvalue weighted by Crippen LogP contribution is -2.38. The highest BCUT2D eigenvalue weighted by Gasteiger charge is 2.21. The van der Waals surface area contributed by atoms with Crippen LogP contribution in [0.15, 0.2) is 24.4 Å². The van der Waals surface area contributed by atoms with Crippen molar-refractivity contribution in [2.24, 2.45) is 5.92 Å². The van der Waals surface area contributed by atoms with Gasteiger partial charge in [0.05, 0.1) is 5.69 Å². The third-order valence-electron chi connectivity index (χ3n) is 4.70. The zero-order chi connectivity index (χ0) is 15.5. The van der Waals surface area contributed by atoms with Crippen LogP contribution >= 0.6 is 0 Å². The minimum absolute atomic E-state index is 0.677. The molecule has 3 heterocycles. The predicted octanol–water partition coefficient (Wildman–Crippen LogP) is 3.44. The predicted molar refractivity (Wildman–Crippen MR) is 89.7 cm³/mol. The van der Waals surface area contributed by atoms with Gasteiger partial charge in [-0.05, 0) is 82.8 Å². The molecule has 1 aliphatic heterocycles. The lowest BCUT2D eigenvalue weighted by molar-refractivity contribution is 0.149. The number of nitrogens with zero attached hydrogens (tertiary/aromatic N) is 3. The molecule has 0 amide bonds. The Labute approximate surface area is 133 Å². The molecule has 0 bridgehead atoms. The van der Waals surface area contributed by atoms with Crippen LogP contribution in [-0.2, 0) is 6.42 Å². The van der Waals surface area contributed by atoms with E-state index in [1.807, 2.05) is 19.2 Å². The fraction of sp³-hybridized carbons (Fsp3) is 0.556. The van der Waals surface area contributed by atoms with Crippen LogP contribution in [0.4, 0.5) is 0 Å². The molecule has 0 saturated carbocycles. The number of H-pyrrole nitrogens is 1. The van der Waals surface area contributed by atoms with Gasteiger partial charge in [-0.25, -0.2) is 0 Å². The number of aryl methyl sites for hydroxylation is 1. The minimum Gasteiger partial charge on any atom is -0.301 e. The van der Waals surface area contributed by atoms with Gasteiger partial charge in [-0.15, -0.1) is 0 Å². The van der Waals surface area contributed by atoms with Crippen LogP contribution in [0.3, 0.4) is 0 Å². The van der Waals surface area contributed by atoms with Gasteiger partial charge < -0.3 is 4.90 Å². The summed E-state index contributed by atoms with van der Waals surface area (Å²) in [7, 11) is 0. The molecule has 3 rings (SSSR count). The fourth-order valence-electron chi connectivity index (χ4n) is 3.30. The van der Waals surface area contributed by atoms with Crippen LogP contribution in [0.2, 0.25) is 0 Å². The molecule has 0 radical (unpaired) electrons. The number of pyridine rings is 1. The Morgan fingerprint density at radius 3 is 2.64 bits per heavy atom. The van der Waals surface area contributed by atoms with E-state index in [-0.39, 0.29) is 0 Å². The molecule has 0 aromatic carbocycles. The maximum atomic E-state index is 4.46. The molecule has 2 aromatic rings. The van der Waals surface area contributed by atoms with Gasteiger partial charge in [-0.3, -0.25) is 10.1 Å². The van der Waals surface area contributed by atoms with Crippen molar-refractivity contribution in [3.8, 4) is 11.4 Å². The summed E-state index contributed by atoms with van der Waals surface area (Å²) < 4.78 is 0. The van der Waals surface area contributed by atoms with Crippen LogP contribution in [-0.4, -0.2) is 39.2 Å². The Morgan fingerprint density at radius 2 is 2.00 bits per heavy atom. The smallest absolute Gasteiger partial charge is 0.111 e. The average Bonchev–Trinajstić information content (AvgIpc) is 2.95. The summed E-state index contributed by atoms with van der Waals surface area (Å²) in [6.07, 6.45) is 5.68. The molecule has 0 spiro atoms. The van der Waals surface area contributed by atoms with Gasteiger partial charge in [-0.2, -0.15) is 5.10 Å². The molecular weight excluding hydrogens is 272 g/mol. The van der Waals surface area contributed by atoms with Gasteiger partial charge in [0.1, 0.15) is 5.69 Å². The number of aromatic nitrogens is 3. The highest BCUT2D eigenvalue weighted by Crippen LogP contribution is 2.24. The molecule has 22 heavy (non-hydrogen) atoms. The molecular formula is C18H26N4. The minimum atomic E-state index is 0.677. The number of likely N-dealkylation sites (tertiary alicyclic amines) is 1. The molecule has 1 aliphatic rings. The van der Waals surface area contributed by atoms with E-state index in [0.29, 0.717) is 6.04 Å². The fourth-order valence-corrected chi connectivity index (χ4v) is 3.30. The molecule has 4 nitrogen and oxygen atoms in total. The van der Waals surface area contributed by atoms with Gasteiger partial charge in [0.2, 0.25) is 0 Å². The van der Waals surface area contributed by atoms with Crippen molar-refractivity contribution < 1.29 is 0 Å². The Kier molecular flexibility index (Phi) is 4.57. The van der Waals surface area contributed by atoms with Gasteiger partial charge in [0.15, 0.2) is 0 Å². The van der Waals surface area contributed by atoms with Crippen LogP contribution < -0.4 is 0 Å². The van der Waals surface area contributed by atoms with E-state index in [1.54, 1.807) is 0 Å². The molecule has 2 aromatic heterocycles. The summed E-state index contributed by atoms with van der Waals surface area (Å²) in [5.41, 5.74) is 4.37. The van der Waals surface area contributed by atoms with Crippen LogP contribution in [0.25, 0.3) is 11.4 Å². The number of hydrogen-bond donors (Lipinski definition) is 1. The van der Waals surface area contributed by atoms with Gasteiger partial charge in [0.25, 0.3) is 0 Å². The third-order valence-corrected chi connectivity index (χ3v) is 4.70. The summed E-state index contributed by atoms with van der Waals surface area (Å²) in [5.74, 6) is 0.797. The zero-order valence-corrected chi connectivity index (χ0v) is 13.8. The maximum Gasteiger partial charge on any atom is 0.111 e. The van der Waals surface area contributed by atoms with Crippen molar-refractivity contribution in [3.05, 3.63) is 35.7 Å². The summed E-state index contributed by atoms with van der Waals surface area (Å²) in [6, 6.07) is 7.08. The average molecular weight is 298 g/mol. The van der Waals surface area contributed by atoms with Crippen molar-refractivity contribution >= 4 is 0 Å². The lowest BCUT2D eigenvalue weighted by atomic mass is 9.90. The first-order chi connectivity index (χ1) is 10.6. The first-order valence-corrected chi connectivity index (χ1v) is 8.33. The standard InChI is InChI=1S/C18H26N4/c1-13(2)22-8-5-15(6-9-22)11-16-4-7-19-17(12-16)18-10-14(3)20-21-18/h4,7,10,12-13,15H,5-6,8-9,11H2,1-3H3,(H,20,21). The number of aromatic amines is 1. The van der Waals surface area contributed by atoms with Crippen LogP contribution in [0.1, 0.15) is 37.9 Å². The lowest BCUT2D eigenvalue weighted by Gasteiger charge is -2.34. The Bertz CT molecular complexity index is 609. The van der Waals surface area contributed by atoms with E-state index >= 15 is 0 Å². The Hall–Kier alpha value is -1.68. The second-order valence-corrected chi connectivity index (χ2v) is 6.76. The van der Waals surface area contributed by atoms with Crippen molar-refractivity contribution in [1.29, 1.82) is 0 Å². The second kappa shape index (κ2) is 6.61. The summed E-state index contributed by atoms with van der Waals surface area (Å²) in [6.45, 7) is 9.07. The summed E-state index contributed by atoms with van der Waals surface area (Å²) in [4.78, 5) is 7.04. The normalized spacial score (nSPS) is 17.3. The number of hydrogen-bond acceptors (Lipinski definition) is 3. The van der Waals surface area contributed by atoms with Crippen molar-refractivity contribution in [1.82, 2.24) is 20.1 Å². The van der Waals surface area contributed by atoms with E-state index in [9.17, 15) is 0 Å². The van der Waals surface area contributed by atoms with Crippen molar-refractivity contribution in [2.75, 3.05) is 13.1 Å². The molecule has 0 atom stereocenters. The molecule has 0 aliphatic carbocycles. The maximum absolute atomic E-state index is 4.46. The Balaban J connectivity index is 1.64. The van der Waals surface area contributed by atoms with Gasteiger partial charge in [-0.1, -0.05) is 0 Å². The zero-order valence-electron chi connectivity index (χ0n) is 13.8. The summed E-state index contributed by atoms with van der Waals surface area (Å²) in [5, 5.41) is 7.30. The van der Waals surface area contributed by atoms with Gasteiger partial charge >= 0.3 is 0 Å². The first kappa shape index (κ1) is 15.2. The number of rotatable bonds is 4. The van der Waals surface area contributed by atoms with Crippen molar-refractivity contribution in [2.45, 2.75) is 46.1 Å². The number of nitrogens with one attached hydrogen (secondary N) is 1. The second-order valence-electron chi connectivity index (χ2n) is 6.76. The third kappa shape index (κ3) is 3.55. The molecule has 1 saturated heterocycles. The van der Waals surface area contributed by atoms with E-state index in [0.717, 1.165) is 29.4 Å².